The van der Waals surface area contributed by atoms with Crippen LogP contribution in [0.3, 0.4) is 0 Å². The van der Waals surface area contributed by atoms with Crippen LogP contribution in [0.15, 0.2) is 33.5 Å². The van der Waals surface area contributed by atoms with Crippen LogP contribution in [0.5, 0.6) is 5.75 Å². The predicted molar refractivity (Wildman–Crippen MR) is 96.2 cm³/mol. The summed E-state index contributed by atoms with van der Waals surface area (Å²) in [4.78, 5) is 23.5. The van der Waals surface area contributed by atoms with Crippen LogP contribution in [0.25, 0.3) is 11.0 Å². The Hall–Kier alpha value is -1.54. The summed E-state index contributed by atoms with van der Waals surface area (Å²) in [6, 6.07) is 5.41. The molecule has 3 rings (SSSR count). The summed E-state index contributed by atoms with van der Waals surface area (Å²) < 4.78 is 15.8. The minimum Gasteiger partial charge on any atom is -0.543 e. The van der Waals surface area contributed by atoms with Crippen LogP contribution >= 0.6 is 0 Å². The summed E-state index contributed by atoms with van der Waals surface area (Å²) in [6.07, 6.45) is -9.84. The number of aliphatic carboxylic acids is 1. The molecule has 1 saturated heterocycles. The number of aliphatic hydroxyl groups excluding tert-OH is 5. The molecule has 1 aromatic carbocycles. The molecule has 12 heteroatoms. The van der Waals surface area contributed by atoms with Gasteiger partial charge in [-0.1, -0.05) is 0 Å². The van der Waals surface area contributed by atoms with E-state index in [9.17, 15) is 35.1 Å². The van der Waals surface area contributed by atoms with Gasteiger partial charge in [-0.3, -0.25) is 0 Å². The molecule has 11 nitrogen and oxygen atoms in total. The third kappa shape index (κ3) is 5.11. The van der Waals surface area contributed by atoms with Gasteiger partial charge in [0.05, 0.1) is 12.7 Å². The number of carboxylic acids is 1. The number of carboxylic acid groups (broad SMARTS) is 1. The van der Waals surface area contributed by atoms with E-state index >= 15 is 0 Å². The molecule has 5 N–H and O–H groups in total. The Kier molecular flexibility index (Phi) is 8.25. The maximum atomic E-state index is 11.9. The zero-order chi connectivity index (χ0) is 22.2. The zero-order valence-corrected chi connectivity index (χ0v) is 18.8. The zero-order valence-electron chi connectivity index (χ0n) is 16.8. The number of fused-ring (bicyclic) bond motifs is 1. The third-order valence-corrected chi connectivity index (χ3v) is 4.97. The number of ether oxygens (including phenoxy) is 2. The molecule has 0 bridgehead atoms. The molecule has 31 heavy (non-hydrogen) atoms. The number of benzene rings is 1. The quantitative estimate of drug-likeness (QED) is 0.209. The second-order valence-corrected chi connectivity index (χ2v) is 7.13. The Morgan fingerprint density at radius 2 is 2.00 bits per heavy atom. The number of aliphatic hydroxyl groups is 5. The van der Waals surface area contributed by atoms with Crippen LogP contribution in [0.2, 0.25) is 0 Å². The predicted octanol–water partition coefficient (Wildman–Crippen LogP) is -5.84. The molecule has 0 radical (unpaired) electrons. The smallest absolute Gasteiger partial charge is 0.543 e. The van der Waals surface area contributed by atoms with Gasteiger partial charge in [-0.25, -0.2) is 4.79 Å². The molecular weight excluding hydrogens is 427 g/mol. The van der Waals surface area contributed by atoms with Gasteiger partial charge in [0.1, 0.15) is 41.7 Å². The first kappa shape index (κ1) is 25.7. The molecule has 0 spiro atoms. The van der Waals surface area contributed by atoms with Gasteiger partial charge in [0.15, 0.2) is 0 Å². The monoisotopic (exact) mass is 448 g/mol. The summed E-state index contributed by atoms with van der Waals surface area (Å²) >= 11 is 0. The van der Waals surface area contributed by atoms with Crippen molar-refractivity contribution in [1.82, 2.24) is 0 Å². The fourth-order valence-electron chi connectivity index (χ4n) is 3.35. The van der Waals surface area contributed by atoms with Crippen LogP contribution in [0.4, 0.5) is 0 Å². The van der Waals surface area contributed by atoms with Crippen molar-refractivity contribution in [1.29, 1.82) is 0 Å². The van der Waals surface area contributed by atoms with Crippen molar-refractivity contribution in [3.8, 4) is 5.75 Å². The Morgan fingerprint density at radius 1 is 1.32 bits per heavy atom. The number of hydrogen-bond acceptors (Lipinski definition) is 11. The molecule has 1 fully saturated rings. The molecule has 0 saturated carbocycles. The maximum Gasteiger partial charge on any atom is 1.00 e. The van der Waals surface area contributed by atoms with E-state index < -0.39 is 60.9 Å². The van der Waals surface area contributed by atoms with Crippen molar-refractivity contribution < 1.29 is 78.9 Å². The summed E-state index contributed by atoms with van der Waals surface area (Å²) in [5.41, 5.74) is 0.103. The molecule has 1 aromatic heterocycles. The molecule has 164 valence electrons. The van der Waals surface area contributed by atoms with E-state index in [2.05, 4.69) is 0 Å². The fraction of sp³-hybridized carbons (Fsp3) is 0.474. The van der Waals surface area contributed by atoms with Crippen LogP contribution < -0.4 is 45.0 Å². The van der Waals surface area contributed by atoms with Crippen LogP contribution in [-0.4, -0.2) is 74.4 Å². The first-order valence-electron chi connectivity index (χ1n) is 9.04. The Bertz CT molecular complexity index is 992. The maximum absolute atomic E-state index is 11.9. The molecule has 1 aliphatic rings. The van der Waals surface area contributed by atoms with E-state index in [4.69, 9.17) is 19.0 Å². The van der Waals surface area contributed by atoms with Gasteiger partial charge in [0.2, 0.25) is 0 Å². The largest absolute Gasteiger partial charge is 1.00 e. The van der Waals surface area contributed by atoms with Gasteiger partial charge in [0.25, 0.3) is 5.79 Å². The number of carbonyl (C=O) groups excluding carboxylic acids is 1. The van der Waals surface area contributed by atoms with Crippen LogP contribution in [0.1, 0.15) is 12.0 Å². The van der Waals surface area contributed by atoms with Crippen molar-refractivity contribution in [2.24, 2.45) is 0 Å². The average Bonchev–Trinajstić information content (AvgIpc) is 2.68. The van der Waals surface area contributed by atoms with Gasteiger partial charge in [-0.15, -0.1) is 0 Å². The van der Waals surface area contributed by atoms with Gasteiger partial charge in [-0.2, -0.15) is 0 Å². The van der Waals surface area contributed by atoms with Crippen LogP contribution in [-0.2, 0) is 9.53 Å². The van der Waals surface area contributed by atoms with Crippen molar-refractivity contribution in [2.45, 2.75) is 49.7 Å². The van der Waals surface area contributed by atoms with E-state index in [-0.39, 0.29) is 40.9 Å². The van der Waals surface area contributed by atoms with Gasteiger partial charge in [0, 0.05) is 23.9 Å². The topological polar surface area (TPSA) is 190 Å². The summed E-state index contributed by atoms with van der Waals surface area (Å²) in [5, 5.41) is 61.4. The number of carbonyl (C=O) groups is 1. The van der Waals surface area contributed by atoms with E-state index in [0.29, 0.717) is 10.9 Å². The van der Waals surface area contributed by atoms with Crippen molar-refractivity contribution >= 4 is 16.9 Å². The first-order valence-corrected chi connectivity index (χ1v) is 9.04. The molecular formula is C19H21NaO11. The summed E-state index contributed by atoms with van der Waals surface area (Å²) in [7, 11) is 0. The minimum atomic E-state index is -2.66. The average molecular weight is 448 g/mol. The summed E-state index contributed by atoms with van der Waals surface area (Å²) in [5.74, 6) is -4.70. The number of aryl methyl sites for hydroxylation is 1. The molecule has 0 aliphatic carbocycles. The number of hydrogen-bond donors (Lipinski definition) is 5. The molecule has 0 amide bonds. The minimum absolute atomic E-state index is 0. The van der Waals surface area contributed by atoms with E-state index in [0.717, 1.165) is 0 Å². The standard InChI is InChI=1S/C19H22O11.Na/c1-8-4-14(23)28-13-5-9(2-3-10(8)13)29-19(18(26)27)6-11(21)15(24)17(30-19)16(25)12(22)7-20;/h2-5,11-12,15-17,20-22,24-25H,6-7H2,1H3,(H,26,27);/q;+1/p-1/t11?,12-,15?,16-,17?,19?;/m0./s1. The van der Waals surface area contributed by atoms with Gasteiger partial charge in [-0.05, 0) is 24.6 Å². The normalized spacial score (nSPS) is 27.9. The first-order chi connectivity index (χ1) is 14.1. The molecule has 1 aliphatic heterocycles. The second-order valence-electron chi connectivity index (χ2n) is 7.13. The van der Waals surface area contributed by atoms with E-state index in [1.165, 1.54) is 24.3 Å². The van der Waals surface area contributed by atoms with Gasteiger partial charge >= 0.3 is 35.2 Å². The van der Waals surface area contributed by atoms with Gasteiger partial charge < -0.3 is 49.3 Å². The van der Waals surface area contributed by atoms with Crippen LogP contribution in [0, 0.1) is 6.92 Å². The molecule has 4 unspecified atom stereocenters. The third-order valence-electron chi connectivity index (χ3n) is 4.97. The Labute approximate surface area is 197 Å². The Morgan fingerprint density at radius 3 is 2.61 bits per heavy atom. The molecule has 6 atom stereocenters. The van der Waals surface area contributed by atoms with Crippen molar-refractivity contribution in [2.75, 3.05) is 6.61 Å². The fourth-order valence-corrected chi connectivity index (χ4v) is 3.35. The number of rotatable bonds is 6. The van der Waals surface area contributed by atoms with E-state index in [1.54, 1.807) is 6.92 Å². The van der Waals surface area contributed by atoms with Crippen molar-refractivity contribution in [3.05, 3.63) is 40.2 Å². The Balaban J connectivity index is 0.00000341. The summed E-state index contributed by atoms with van der Waals surface area (Å²) in [6.45, 7) is 0.773. The van der Waals surface area contributed by atoms with E-state index in [1.807, 2.05) is 0 Å². The second kappa shape index (κ2) is 9.94. The van der Waals surface area contributed by atoms with Crippen molar-refractivity contribution in [3.63, 3.8) is 0 Å². The molecule has 2 heterocycles. The SMILES string of the molecule is Cc1cc(=O)oc2cc(OC3(C(=O)[O-])CC(O)C(O)C([C@@H](O)[C@@H](O)CO)O3)ccc12.[Na+]. The molecule has 2 aromatic rings.